The first-order valence-corrected chi connectivity index (χ1v) is 8.28. The van der Waals surface area contributed by atoms with Gasteiger partial charge in [0.15, 0.2) is 5.76 Å². The Morgan fingerprint density at radius 1 is 1.35 bits per heavy atom. The van der Waals surface area contributed by atoms with Gasteiger partial charge in [-0.1, -0.05) is 11.6 Å². The molecule has 0 saturated carbocycles. The second-order valence-electron chi connectivity index (χ2n) is 5.68. The van der Waals surface area contributed by atoms with E-state index in [1.54, 1.807) is 23.1 Å². The molecule has 0 radical (unpaired) electrons. The Balaban J connectivity index is 1.79. The van der Waals surface area contributed by atoms with E-state index < -0.39 is 0 Å². The molecule has 1 fully saturated rings. The van der Waals surface area contributed by atoms with E-state index >= 15 is 0 Å². The molecule has 2 heterocycles. The van der Waals surface area contributed by atoms with Crippen molar-refractivity contribution in [2.24, 2.45) is 0 Å². The quantitative estimate of drug-likeness (QED) is 0.898. The van der Waals surface area contributed by atoms with Gasteiger partial charge in [0.05, 0.1) is 50.4 Å². The number of likely N-dealkylation sites (N-methyl/N-ethyl adjacent to an activating group) is 1. The van der Waals surface area contributed by atoms with Crippen LogP contribution < -0.4 is 15.1 Å². The minimum absolute atomic E-state index is 0.267. The van der Waals surface area contributed by atoms with Gasteiger partial charge in [-0.2, -0.15) is 0 Å². The molecule has 0 atom stereocenters. The maximum atomic E-state index is 12.2. The van der Waals surface area contributed by atoms with Crippen LogP contribution in [0.25, 0.3) is 0 Å². The van der Waals surface area contributed by atoms with Crippen LogP contribution in [0.1, 0.15) is 17.5 Å². The molecule has 1 aliphatic heterocycles. The van der Waals surface area contributed by atoms with Gasteiger partial charge in [0, 0.05) is 5.02 Å². The Kier molecular flexibility index (Phi) is 4.88. The molecule has 0 spiro atoms. The van der Waals surface area contributed by atoms with Gasteiger partial charge in [-0.3, -0.25) is 4.79 Å². The highest BCUT2D eigenvalue weighted by molar-refractivity contribution is 6.31. The monoisotopic (exact) mass is 334 g/mol. The molecule has 1 aliphatic rings. The van der Waals surface area contributed by atoms with Crippen LogP contribution in [0.5, 0.6) is 0 Å². The minimum Gasteiger partial charge on any atom is -0.459 e. The lowest BCUT2D eigenvalue weighted by molar-refractivity contribution is -0.898. The van der Waals surface area contributed by atoms with E-state index in [-0.39, 0.29) is 11.7 Å². The first-order valence-electron chi connectivity index (χ1n) is 7.90. The third-order valence-corrected chi connectivity index (χ3v) is 4.50. The lowest BCUT2D eigenvalue weighted by atomic mass is 10.2. The summed E-state index contributed by atoms with van der Waals surface area (Å²) < 4.78 is 5.15. The average Bonchev–Trinajstić information content (AvgIpc) is 3.10. The first kappa shape index (κ1) is 15.9. The Bertz CT molecular complexity index is 664. The fourth-order valence-corrected chi connectivity index (χ4v) is 3.07. The van der Waals surface area contributed by atoms with Crippen LogP contribution >= 0.6 is 11.6 Å². The van der Waals surface area contributed by atoms with Crippen LogP contribution in [0.4, 0.5) is 11.4 Å². The minimum atomic E-state index is -0.267. The molecule has 1 aromatic heterocycles. The van der Waals surface area contributed by atoms with Crippen molar-refractivity contribution in [2.75, 3.05) is 42.9 Å². The van der Waals surface area contributed by atoms with Crippen molar-refractivity contribution in [1.82, 2.24) is 0 Å². The molecule has 3 rings (SSSR count). The van der Waals surface area contributed by atoms with Gasteiger partial charge in [-0.15, -0.1) is 0 Å². The van der Waals surface area contributed by atoms with E-state index in [2.05, 4.69) is 17.1 Å². The lowest BCUT2D eigenvalue weighted by Crippen LogP contribution is -3.14. The summed E-state index contributed by atoms with van der Waals surface area (Å²) in [7, 11) is 0. The van der Waals surface area contributed by atoms with Crippen molar-refractivity contribution < 1.29 is 14.1 Å². The van der Waals surface area contributed by atoms with Gasteiger partial charge in [-0.25, -0.2) is 0 Å². The number of anilines is 2. The predicted molar refractivity (Wildman–Crippen MR) is 91.6 cm³/mol. The van der Waals surface area contributed by atoms with Crippen molar-refractivity contribution in [3.63, 3.8) is 0 Å². The number of nitrogens with one attached hydrogen (secondary N) is 2. The molecule has 1 aromatic carbocycles. The van der Waals surface area contributed by atoms with Crippen molar-refractivity contribution in [3.8, 4) is 0 Å². The van der Waals surface area contributed by atoms with Gasteiger partial charge < -0.3 is 19.5 Å². The highest BCUT2D eigenvalue weighted by Crippen LogP contribution is 2.29. The lowest BCUT2D eigenvalue weighted by Gasteiger charge is -2.34. The number of rotatable bonds is 4. The number of halogens is 1. The molecule has 6 heteroatoms. The van der Waals surface area contributed by atoms with Crippen LogP contribution in [0.2, 0.25) is 5.02 Å². The second kappa shape index (κ2) is 7.06. The molecular formula is C17H21ClN3O2+. The maximum Gasteiger partial charge on any atom is 0.291 e. The highest BCUT2D eigenvalue weighted by atomic mass is 35.5. The topological polar surface area (TPSA) is 49.9 Å². The summed E-state index contributed by atoms with van der Waals surface area (Å²) in [4.78, 5) is 16.2. The molecule has 0 aliphatic carbocycles. The summed E-state index contributed by atoms with van der Waals surface area (Å²) in [6, 6.07) is 8.95. The number of carbonyl (C=O) groups excluding carboxylic acids is 1. The summed E-state index contributed by atoms with van der Waals surface area (Å²) >= 11 is 6.11. The number of hydrogen-bond donors (Lipinski definition) is 2. The molecule has 122 valence electrons. The van der Waals surface area contributed by atoms with Crippen LogP contribution in [-0.4, -0.2) is 38.6 Å². The normalized spacial score (nSPS) is 15.7. The average molecular weight is 335 g/mol. The van der Waals surface area contributed by atoms with Gasteiger partial charge in [0.25, 0.3) is 5.91 Å². The fourth-order valence-electron chi connectivity index (χ4n) is 2.89. The zero-order valence-electron chi connectivity index (χ0n) is 13.1. The highest BCUT2D eigenvalue weighted by Gasteiger charge is 2.22. The number of quaternary nitrogens is 1. The summed E-state index contributed by atoms with van der Waals surface area (Å²) in [5.74, 6) is 0.0208. The van der Waals surface area contributed by atoms with Crippen LogP contribution in [-0.2, 0) is 0 Å². The van der Waals surface area contributed by atoms with Gasteiger partial charge >= 0.3 is 0 Å². The zero-order chi connectivity index (χ0) is 16.2. The maximum absolute atomic E-state index is 12.2. The standard InChI is InChI=1S/C17H20ClN3O2/c1-2-20-7-9-21(10-8-20)15-6-5-13(18)12-14(15)19-17(22)16-4-3-11-23-16/h3-6,11-12H,2,7-10H2,1H3,(H,19,22)/p+1. The van der Waals surface area contributed by atoms with Gasteiger partial charge in [0.1, 0.15) is 0 Å². The zero-order valence-corrected chi connectivity index (χ0v) is 13.9. The number of hydrogen-bond acceptors (Lipinski definition) is 3. The van der Waals surface area contributed by atoms with Crippen molar-refractivity contribution in [1.29, 1.82) is 0 Å². The number of nitrogens with zero attached hydrogens (tertiary/aromatic N) is 1. The largest absolute Gasteiger partial charge is 0.459 e. The van der Waals surface area contributed by atoms with Crippen molar-refractivity contribution in [3.05, 3.63) is 47.4 Å². The molecule has 1 saturated heterocycles. The van der Waals surface area contributed by atoms with E-state index in [9.17, 15) is 4.79 Å². The Morgan fingerprint density at radius 2 is 2.13 bits per heavy atom. The molecule has 1 amide bonds. The van der Waals surface area contributed by atoms with E-state index in [1.165, 1.54) is 6.26 Å². The van der Waals surface area contributed by atoms with E-state index in [0.717, 1.165) is 44.1 Å². The van der Waals surface area contributed by atoms with Crippen molar-refractivity contribution >= 4 is 28.9 Å². The molecule has 2 aromatic rings. The fraction of sp³-hybridized carbons (Fsp3) is 0.353. The third kappa shape index (κ3) is 3.68. The SMILES string of the molecule is CC[NH+]1CCN(c2ccc(Cl)cc2NC(=O)c2ccco2)CC1. The predicted octanol–water partition coefficient (Wildman–Crippen LogP) is 1.91. The van der Waals surface area contributed by atoms with Crippen LogP contribution in [0, 0.1) is 0 Å². The molecule has 0 unspecified atom stereocenters. The van der Waals surface area contributed by atoms with Crippen LogP contribution in [0.3, 0.4) is 0 Å². The van der Waals surface area contributed by atoms with E-state index in [4.69, 9.17) is 16.0 Å². The van der Waals surface area contributed by atoms with Crippen LogP contribution in [0.15, 0.2) is 41.0 Å². The number of carbonyl (C=O) groups is 1. The summed E-state index contributed by atoms with van der Waals surface area (Å²) in [5.41, 5.74) is 1.73. The van der Waals surface area contributed by atoms with E-state index in [0.29, 0.717) is 5.02 Å². The summed E-state index contributed by atoms with van der Waals surface area (Å²) in [5, 5.41) is 3.51. The first-order chi connectivity index (χ1) is 11.2. The molecular weight excluding hydrogens is 314 g/mol. The number of amides is 1. The molecule has 2 N–H and O–H groups in total. The third-order valence-electron chi connectivity index (χ3n) is 4.26. The number of furan rings is 1. The van der Waals surface area contributed by atoms with Crippen molar-refractivity contribution in [2.45, 2.75) is 6.92 Å². The smallest absolute Gasteiger partial charge is 0.291 e. The summed E-state index contributed by atoms with van der Waals surface area (Å²) in [6.07, 6.45) is 1.49. The molecule has 0 bridgehead atoms. The molecule has 5 nitrogen and oxygen atoms in total. The molecule has 23 heavy (non-hydrogen) atoms. The Hall–Kier alpha value is -1.98. The number of piperazine rings is 1. The van der Waals surface area contributed by atoms with Gasteiger partial charge in [0.2, 0.25) is 0 Å². The Morgan fingerprint density at radius 3 is 2.78 bits per heavy atom. The summed E-state index contributed by atoms with van der Waals surface area (Å²) in [6.45, 7) is 7.50. The number of benzene rings is 1. The second-order valence-corrected chi connectivity index (χ2v) is 6.12. The van der Waals surface area contributed by atoms with Gasteiger partial charge in [-0.05, 0) is 37.3 Å². The Labute approximate surface area is 140 Å². The van der Waals surface area contributed by atoms with E-state index in [1.807, 2.05) is 12.1 Å².